The standard InChI is InChI=1S/C72H54N4O.Pt/c1-48-37-63(57-41-55(51-23-12-7-13-24-51)40-56(42-57)52-25-14-8-15-26-52)71(65(38-48)72(3,4)5)75-47-74(69-43-54(33-36-67(69)75)50-21-10-6-11-22-50)58-29-20-30-59(44-58)77-60-34-35-62-61-31-18-19-32-66(61)76(68(62)45-60)70-39-49(2)64(46-73-70)53-27-16-9-17-28-53;/h6-43,46H,1-5H3;/q-2;/i1D3,2D3,6D,7D,8D,9D,10D,11D,12D,13D,14D,15D,16D,17D,21D,22D,23D,24D,25D,26D,27D,28D,40D,41D,42D;. The molecule has 78 heavy (non-hydrogen) atoms. The Morgan fingerprint density at radius 3 is 1.86 bits per heavy atom. The molecule has 0 aliphatic rings. The van der Waals surface area contributed by atoms with E-state index in [1.807, 2.05) is 6.07 Å². The summed E-state index contributed by atoms with van der Waals surface area (Å²) in [4.78, 5) is 4.66. The van der Waals surface area contributed by atoms with Crippen LogP contribution in [0.4, 0.5) is 0 Å². The minimum absolute atomic E-state index is 0. The number of nitrogens with zero attached hydrogens (tertiary/aromatic N) is 4. The van der Waals surface area contributed by atoms with Crippen molar-refractivity contribution in [3.63, 3.8) is 0 Å². The molecule has 5 nitrogen and oxygen atoms in total. The number of imidazole rings is 1. The van der Waals surface area contributed by atoms with Crippen molar-refractivity contribution >= 4 is 32.8 Å². The Hall–Kier alpha value is -8.89. The summed E-state index contributed by atoms with van der Waals surface area (Å²) in [5, 5.41) is 1.27. The topological polar surface area (TPSA) is 35.9 Å². The second-order valence-electron chi connectivity index (χ2n) is 18.7. The third kappa shape index (κ3) is 9.35. The van der Waals surface area contributed by atoms with Crippen LogP contribution < -0.4 is 9.30 Å². The van der Waals surface area contributed by atoms with Gasteiger partial charge in [0.2, 0.25) is 0 Å². The Morgan fingerprint density at radius 1 is 0.551 bits per heavy atom. The molecule has 0 radical (unpaired) electrons. The van der Waals surface area contributed by atoms with Gasteiger partial charge < -0.3 is 13.9 Å². The maximum absolute atomic E-state index is 10.3. The Balaban J connectivity index is 0.0000107. The summed E-state index contributed by atoms with van der Waals surface area (Å²) < 4.78 is 269. The Labute approximate surface area is 511 Å². The van der Waals surface area contributed by atoms with Crippen molar-refractivity contribution in [3.05, 3.63) is 271 Å². The van der Waals surface area contributed by atoms with Gasteiger partial charge in [-0.3, -0.25) is 4.57 Å². The average molecular weight is 1220 g/mol. The van der Waals surface area contributed by atoms with Gasteiger partial charge in [-0.05, 0) is 128 Å². The Kier molecular flexibility index (Phi) is 7.10. The molecule has 0 fully saturated rings. The molecular formula is C72H54N4OPt-2. The molecule has 0 atom stereocenters. The molecule has 0 saturated carbocycles. The molecule has 10 aromatic carbocycles. The Morgan fingerprint density at radius 2 is 1.19 bits per heavy atom. The zero-order valence-electron chi connectivity index (χ0n) is 70.3. The van der Waals surface area contributed by atoms with Crippen molar-refractivity contribution in [2.75, 3.05) is 0 Å². The van der Waals surface area contributed by atoms with Gasteiger partial charge in [0.1, 0.15) is 5.82 Å². The van der Waals surface area contributed by atoms with Gasteiger partial charge in [0, 0.05) is 58.1 Å². The van der Waals surface area contributed by atoms with Crippen molar-refractivity contribution in [2.45, 2.75) is 39.9 Å². The quantitative estimate of drug-likeness (QED) is 0.101. The predicted molar refractivity (Wildman–Crippen MR) is 315 cm³/mol. The summed E-state index contributed by atoms with van der Waals surface area (Å²) in [6, 6.07) is 11.7. The summed E-state index contributed by atoms with van der Waals surface area (Å²) in [6.07, 6.45) is 4.49. The van der Waals surface area contributed by atoms with Crippen LogP contribution in [0.1, 0.15) is 77.2 Å². The zero-order valence-corrected chi connectivity index (χ0v) is 43.5. The predicted octanol–water partition coefficient (Wildman–Crippen LogP) is 17.8. The maximum atomic E-state index is 10.3. The van der Waals surface area contributed by atoms with Crippen LogP contribution in [-0.4, -0.2) is 14.1 Å². The molecule has 0 unspecified atom stereocenters. The number of fused-ring (bicyclic) bond motifs is 4. The second-order valence-corrected chi connectivity index (χ2v) is 18.7. The molecule has 0 amide bonds. The van der Waals surface area contributed by atoms with Crippen molar-refractivity contribution in [1.82, 2.24) is 14.1 Å². The van der Waals surface area contributed by atoms with Crippen LogP contribution in [0.5, 0.6) is 11.5 Å². The van der Waals surface area contributed by atoms with E-state index in [2.05, 4.69) is 23.4 Å². The third-order valence-electron chi connectivity index (χ3n) is 12.8. The third-order valence-corrected chi connectivity index (χ3v) is 12.8. The normalized spacial score (nSPS) is 17.1. The van der Waals surface area contributed by atoms with E-state index in [0.29, 0.717) is 21.8 Å². The Bertz CT molecular complexity index is 5800. The summed E-state index contributed by atoms with van der Waals surface area (Å²) in [5.41, 5.74) is -5.31. The second kappa shape index (κ2) is 20.6. The number of hydrogen-bond donors (Lipinski definition) is 0. The molecule has 6 heteroatoms. The van der Waals surface area contributed by atoms with Crippen LogP contribution in [0.15, 0.2) is 236 Å². The van der Waals surface area contributed by atoms with Crippen molar-refractivity contribution in [3.8, 4) is 84.3 Å². The van der Waals surface area contributed by atoms with Gasteiger partial charge in [-0.1, -0.05) is 195 Å². The molecule has 0 saturated heterocycles. The number of benzene rings is 10. The van der Waals surface area contributed by atoms with Gasteiger partial charge in [0.25, 0.3) is 6.33 Å². The van der Waals surface area contributed by atoms with Gasteiger partial charge in [0.05, 0.1) is 48.2 Å². The van der Waals surface area contributed by atoms with E-state index < -0.39 is 186 Å². The summed E-state index contributed by atoms with van der Waals surface area (Å²) in [6.45, 7) is -0.755. The van der Waals surface area contributed by atoms with Crippen LogP contribution >= 0.6 is 0 Å². The molecule has 380 valence electrons. The molecule has 0 spiro atoms. The molecule has 0 N–H and O–H groups in total. The molecule has 0 aliphatic heterocycles. The van der Waals surface area contributed by atoms with E-state index in [1.54, 1.807) is 73.9 Å². The van der Waals surface area contributed by atoms with Crippen molar-refractivity contribution < 1.29 is 70.1 Å². The van der Waals surface area contributed by atoms with E-state index in [9.17, 15) is 9.60 Å². The van der Waals surface area contributed by atoms with Crippen LogP contribution in [0.3, 0.4) is 0 Å². The van der Waals surface area contributed by atoms with E-state index in [4.69, 9.17) is 34.9 Å². The van der Waals surface area contributed by atoms with Crippen LogP contribution in [0.2, 0.25) is 0 Å². The number of hydrogen-bond acceptors (Lipinski definition) is 2. The fourth-order valence-corrected chi connectivity index (χ4v) is 9.31. The number of pyridine rings is 1. The van der Waals surface area contributed by atoms with Crippen LogP contribution in [0, 0.1) is 32.2 Å². The largest absolute Gasteiger partial charge is 0.510 e. The molecule has 0 aliphatic carbocycles. The summed E-state index contributed by atoms with van der Waals surface area (Å²) in [7, 11) is 0. The van der Waals surface area contributed by atoms with Gasteiger partial charge >= 0.3 is 0 Å². The number of aromatic nitrogens is 4. The smallest absolute Gasteiger partial charge is 0.268 e. The number of ether oxygens (including phenoxy) is 1. The average Bonchev–Trinajstić information content (AvgIpc) is 1.71. The van der Waals surface area contributed by atoms with Crippen molar-refractivity contribution in [2.24, 2.45) is 0 Å². The monoisotopic (exact) mass is 1210 g/mol. The fraction of sp³-hybridized carbons (Fsp3) is 0.0833. The fourth-order valence-electron chi connectivity index (χ4n) is 9.31. The van der Waals surface area contributed by atoms with Crippen molar-refractivity contribution in [1.29, 1.82) is 0 Å². The van der Waals surface area contributed by atoms with E-state index in [0.717, 1.165) is 12.3 Å². The molecular weight excluding hydrogens is 1130 g/mol. The van der Waals surface area contributed by atoms with E-state index in [1.165, 1.54) is 39.5 Å². The summed E-state index contributed by atoms with van der Waals surface area (Å²) in [5.74, 6) is 0.118. The first-order valence-electron chi connectivity index (χ1n) is 38.4. The zero-order chi connectivity index (χ0) is 77.2. The minimum atomic E-state index is -3.00. The molecule has 13 rings (SSSR count). The first-order chi connectivity index (χ1) is 49.6. The van der Waals surface area contributed by atoms with Gasteiger partial charge in [0.15, 0.2) is 0 Å². The molecule has 0 bridgehead atoms. The minimum Gasteiger partial charge on any atom is -0.510 e. The first kappa shape index (κ1) is 26.9. The number of aryl methyl sites for hydroxylation is 2. The number of para-hydroxylation sites is 1. The van der Waals surface area contributed by atoms with E-state index >= 15 is 0 Å². The maximum Gasteiger partial charge on any atom is 0.268 e. The molecule has 3 aromatic heterocycles. The van der Waals surface area contributed by atoms with E-state index in [-0.39, 0.29) is 105 Å². The van der Waals surface area contributed by atoms with Gasteiger partial charge in [-0.15, -0.1) is 29.7 Å². The number of rotatable bonds is 10. The van der Waals surface area contributed by atoms with Gasteiger partial charge in [-0.25, -0.2) is 4.98 Å². The first-order valence-corrected chi connectivity index (χ1v) is 23.9. The van der Waals surface area contributed by atoms with Crippen LogP contribution in [-0.2, 0) is 26.5 Å². The SMILES string of the molecule is [2H]c1c([2H])c([2H])c(-c2ccc3c(c2)n(-c2[c-]c(Oc4[c-]c5c(cc4)c4ccccc4n5-c4cc(C([2H])([2H])[2H])c(-c5c([2H])c([2H])c([2H])c([2H])c5[2H])cn4)ccc2)[c-][n+]3-c2c(-c3c([2H])c(-c4c([2H])c([2H])c([2H])c([2H])c4[2H])c([2H])c(-c4c([2H])c([2H])c([2H])c([2H])c4[2H])c3[2H])cc(C([2H])([2H])[2H])cc2C(C)(C)C)c([2H])c1[2H].[Pt]. The molecule has 13 aromatic rings. The molecule has 3 heterocycles. The van der Waals surface area contributed by atoms with Crippen LogP contribution in [0.25, 0.3) is 106 Å². The van der Waals surface area contributed by atoms with Gasteiger partial charge in [-0.2, -0.15) is 18.2 Å². The summed E-state index contributed by atoms with van der Waals surface area (Å²) >= 11 is 0.